The molecule has 0 radical (unpaired) electrons. The van der Waals surface area contributed by atoms with Crippen LogP contribution >= 0.6 is 0 Å². The Morgan fingerprint density at radius 2 is 1.78 bits per heavy atom. The molecule has 0 amide bonds. The van der Waals surface area contributed by atoms with Crippen molar-refractivity contribution in [1.29, 1.82) is 0 Å². The van der Waals surface area contributed by atoms with Gasteiger partial charge in [0.2, 0.25) is 0 Å². The minimum Gasteiger partial charge on any atom is -0.313 e. The van der Waals surface area contributed by atoms with Crippen molar-refractivity contribution in [3.05, 3.63) is 0 Å². The van der Waals surface area contributed by atoms with E-state index >= 15 is 0 Å². The van der Waals surface area contributed by atoms with E-state index in [0.29, 0.717) is 11.5 Å². The summed E-state index contributed by atoms with van der Waals surface area (Å²) < 4.78 is 0. The second kappa shape index (κ2) is 5.50. The van der Waals surface area contributed by atoms with Crippen molar-refractivity contribution in [2.24, 2.45) is 23.2 Å². The molecule has 2 rings (SSSR count). The zero-order valence-electron chi connectivity index (χ0n) is 13.0. The third-order valence-electron chi connectivity index (χ3n) is 5.45. The largest absolute Gasteiger partial charge is 0.313 e. The third kappa shape index (κ3) is 2.91. The summed E-state index contributed by atoms with van der Waals surface area (Å²) in [5.41, 5.74) is 0.484. The Morgan fingerprint density at radius 1 is 1.17 bits per heavy atom. The van der Waals surface area contributed by atoms with E-state index in [-0.39, 0.29) is 0 Å². The van der Waals surface area contributed by atoms with Crippen LogP contribution in [0.15, 0.2) is 0 Å². The topological polar surface area (TPSA) is 15.3 Å². The van der Waals surface area contributed by atoms with Crippen molar-refractivity contribution in [3.8, 4) is 0 Å². The van der Waals surface area contributed by atoms with Crippen LogP contribution < -0.4 is 5.32 Å². The van der Waals surface area contributed by atoms with Crippen molar-refractivity contribution in [1.82, 2.24) is 10.2 Å². The molecule has 1 saturated heterocycles. The molecule has 1 N–H and O–H groups in total. The van der Waals surface area contributed by atoms with Gasteiger partial charge < -0.3 is 10.2 Å². The van der Waals surface area contributed by atoms with Gasteiger partial charge >= 0.3 is 0 Å². The van der Waals surface area contributed by atoms with Crippen LogP contribution in [0.3, 0.4) is 0 Å². The molecule has 0 aromatic rings. The van der Waals surface area contributed by atoms with Crippen LogP contribution in [-0.2, 0) is 0 Å². The number of nitrogens with zero attached hydrogens (tertiary/aromatic N) is 1. The summed E-state index contributed by atoms with van der Waals surface area (Å²) >= 11 is 0. The average Bonchev–Trinajstić information content (AvgIpc) is 2.73. The smallest absolute Gasteiger partial charge is 0.0159 e. The highest BCUT2D eigenvalue weighted by molar-refractivity contribution is 4.97. The SMILES string of the molecule is CCNC1C(CN2CC(C)C(C)C2)CCC1(C)C. The van der Waals surface area contributed by atoms with Crippen molar-refractivity contribution in [3.63, 3.8) is 0 Å². The zero-order valence-corrected chi connectivity index (χ0v) is 13.0. The summed E-state index contributed by atoms with van der Waals surface area (Å²) in [6, 6.07) is 0.716. The number of rotatable bonds is 4. The monoisotopic (exact) mass is 252 g/mol. The number of hydrogen-bond acceptors (Lipinski definition) is 2. The van der Waals surface area contributed by atoms with Gasteiger partial charge in [-0.2, -0.15) is 0 Å². The highest BCUT2D eigenvalue weighted by Crippen LogP contribution is 2.42. The molecule has 106 valence electrons. The zero-order chi connectivity index (χ0) is 13.3. The molecule has 1 aliphatic carbocycles. The van der Waals surface area contributed by atoms with Gasteiger partial charge in [0.25, 0.3) is 0 Å². The van der Waals surface area contributed by atoms with Crippen molar-refractivity contribution >= 4 is 0 Å². The number of hydrogen-bond donors (Lipinski definition) is 1. The second-order valence-corrected chi connectivity index (χ2v) is 7.50. The van der Waals surface area contributed by atoms with E-state index < -0.39 is 0 Å². The summed E-state index contributed by atoms with van der Waals surface area (Å²) in [6.45, 7) is 17.0. The molecule has 0 spiro atoms. The van der Waals surface area contributed by atoms with Gasteiger partial charge in [-0.05, 0) is 42.6 Å². The molecule has 1 saturated carbocycles. The lowest BCUT2D eigenvalue weighted by molar-refractivity contribution is 0.201. The minimum absolute atomic E-state index is 0.484. The van der Waals surface area contributed by atoms with Crippen molar-refractivity contribution in [2.75, 3.05) is 26.2 Å². The van der Waals surface area contributed by atoms with E-state index in [9.17, 15) is 0 Å². The average molecular weight is 252 g/mol. The molecular formula is C16H32N2. The maximum atomic E-state index is 3.75. The molecule has 1 aliphatic heterocycles. The Kier molecular flexibility index (Phi) is 4.38. The maximum absolute atomic E-state index is 3.75. The van der Waals surface area contributed by atoms with E-state index in [1.54, 1.807) is 0 Å². The highest BCUT2D eigenvalue weighted by atomic mass is 15.2. The summed E-state index contributed by atoms with van der Waals surface area (Å²) in [5, 5.41) is 3.75. The summed E-state index contributed by atoms with van der Waals surface area (Å²) in [5.74, 6) is 2.63. The van der Waals surface area contributed by atoms with Gasteiger partial charge in [0.15, 0.2) is 0 Å². The van der Waals surface area contributed by atoms with Crippen LogP contribution in [0.1, 0.15) is 47.5 Å². The standard InChI is InChI=1S/C16H32N2/c1-6-17-15-14(7-8-16(15,4)5)11-18-9-12(2)13(3)10-18/h12-15,17H,6-11H2,1-5H3. The number of likely N-dealkylation sites (tertiary alicyclic amines) is 1. The van der Waals surface area contributed by atoms with Crippen LogP contribution in [0.5, 0.6) is 0 Å². The van der Waals surface area contributed by atoms with E-state index in [1.165, 1.54) is 32.5 Å². The number of nitrogens with one attached hydrogen (secondary N) is 1. The molecule has 2 nitrogen and oxygen atoms in total. The van der Waals surface area contributed by atoms with E-state index in [0.717, 1.165) is 24.3 Å². The van der Waals surface area contributed by atoms with E-state index in [1.807, 2.05) is 0 Å². The van der Waals surface area contributed by atoms with Crippen molar-refractivity contribution < 1.29 is 0 Å². The second-order valence-electron chi connectivity index (χ2n) is 7.50. The first kappa shape index (κ1) is 14.3. The lowest BCUT2D eigenvalue weighted by Crippen LogP contribution is -2.45. The summed E-state index contributed by atoms with van der Waals surface area (Å²) in [6.07, 6.45) is 2.79. The molecular weight excluding hydrogens is 220 g/mol. The van der Waals surface area contributed by atoms with Crippen LogP contribution in [0.4, 0.5) is 0 Å². The van der Waals surface area contributed by atoms with Crippen LogP contribution in [-0.4, -0.2) is 37.1 Å². The molecule has 4 atom stereocenters. The fraction of sp³-hybridized carbons (Fsp3) is 1.00. The Bertz CT molecular complexity index is 264. The fourth-order valence-electron chi connectivity index (χ4n) is 4.11. The Morgan fingerprint density at radius 3 is 2.33 bits per heavy atom. The van der Waals surface area contributed by atoms with Gasteiger partial charge in [-0.3, -0.25) is 0 Å². The van der Waals surface area contributed by atoms with Gasteiger partial charge in [-0.25, -0.2) is 0 Å². The molecule has 0 aromatic carbocycles. The van der Waals surface area contributed by atoms with Gasteiger partial charge in [0.1, 0.15) is 0 Å². The molecule has 4 unspecified atom stereocenters. The highest BCUT2D eigenvalue weighted by Gasteiger charge is 2.42. The van der Waals surface area contributed by atoms with E-state index in [2.05, 4.69) is 44.8 Å². The fourth-order valence-corrected chi connectivity index (χ4v) is 4.11. The molecule has 2 fully saturated rings. The van der Waals surface area contributed by atoms with Crippen LogP contribution in [0.25, 0.3) is 0 Å². The molecule has 2 heteroatoms. The van der Waals surface area contributed by atoms with Crippen molar-refractivity contribution in [2.45, 2.75) is 53.5 Å². The van der Waals surface area contributed by atoms with Gasteiger partial charge in [0, 0.05) is 25.7 Å². The Balaban J connectivity index is 1.93. The minimum atomic E-state index is 0.484. The van der Waals surface area contributed by atoms with Crippen LogP contribution in [0.2, 0.25) is 0 Å². The lowest BCUT2D eigenvalue weighted by Gasteiger charge is -2.33. The molecule has 2 aliphatic rings. The third-order valence-corrected chi connectivity index (χ3v) is 5.45. The first-order valence-electron chi connectivity index (χ1n) is 7.89. The van der Waals surface area contributed by atoms with Gasteiger partial charge in [-0.1, -0.05) is 34.6 Å². The first-order valence-corrected chi connectivity index (χ1v) is 7.89. The predicted molar refractivity (Wildman–Crippen MR) is 78.7 cm³/mol. The lowest BCUT2D eigenvalue weighted by atomic mass is 9.84. The Labute approximate surface area is 114 Å². The van der Waals surface area contributed by atoms with Crippen LogP contribution in [0, 0.1) is 23.2 Å². The normalized spacial score (nSPS) is 40.5. The van der Waals surface area contributed by atoms with E-state index in [4.69, 9.17) is 0 Å². The molecule has 0 aromatic heterocycles. The summed E-state index contributed by atoms with van der Waals surface area (Å²) in [7, 11) is 0. The molecule has 0 bridgehead atoms. The summed E-state index contributed by atoms with van der Waals surface area (Å²) in [4.78, 5) is 2.71. The first-order chi connectivity index (χ1) is 8.44. The van der Waals surface area contributed by atoms with Gasteiger partial charge in [0.05, 0.1) is 0 Å². The Hall–Kier alpha value is -0.0800. The molecule has 1 heterocycles. The quantitative estimate of drug-likeness (QED) is 0.827. The predicted octanol–water partition coefficient (Wildman–Crippen LogP) is 2.99. The van der Waals surface area contributed by atoms with Gasteiger partial charge in [-0.15, -0.1) is 0 Å². The maximum Gasteiger partial charge on any atom is 0.0159 e. The molecule has 18 heavy (non-hydrogen) atoms.